The van der Waals surface area contributed by atoms with E-state index in [1.54, 1.807) is 0 Å². The Balaban J connectivity index is 1.66. The summed E-state index contributed by atoms with van der Waals surface area (Å²) in [6.07, 6.45) is 0.775. The standard InChI is InChI=1S/C13H14N4O3S/c1-6-14-11-7(5-21-13(11)15-6)4-10(19)16-8-2-3-9(18)17-12(8)20/h5,8H,2-4H2,1H3,(H,14,15)(H,16,19)(H,17,18,20). The van der Waals surface area contributed by atoms with E-state index in [2.05, 4.69) is 20.6 Å². The molecule has 3 heterocycles. The zero-order chi connectivity index (χ0) is 15.0. The molecule has 0 bridgehead atoms. The molecule has 1 aliphatic heterocycles. The number of aromatic nitrogens is 2. The van der Waals surface area contributed by atoms with E-state index >= 15 is 0 Å². The average Bonchev–Trinajstić information content (AvgIpc) is 2.94. The van der Waals surface area contributed by atoms with Crippen LogP contribution in [0.15, 0.2) is 5.38 Å². The number of imidazole rings is 1. The van der Waals surface area contributed by atoms with Crippen LogP contribution in [0, 0.1) is 6.92 Å². The minimum atomic E-state index is -0.632. The summed E-state index contributed by atoms with van der Waals surface area (Å²) in [7, 11) is 0. The van der Waals surface area contributed by atoms with E-state index in [9.17, 15) is 14.4 Å². The number of thiophene rings is 1. The summed E-state index contributed by atoms with van der Waals surface area (Å²) in [6, 6.07) is -0.632. The summed E-state index contributed by atoms with van der Waals surface area (Å²) < 4.78 is 0. The lowest BCUT2D eigenvalue weighted by Gasteiger charge is -2.21. The molecule has 3 amide bonds. The molecule has 1 saturated heterocycles. The normalized spacial score (nSPS) is 18.8. The van der Waals surface area contributed by atoms with Gasteiger partial charge >= 0.3 is 0 Å². The number of H-pyrrole nitrogens is 1. The van der Waals surface area contributed by atoms with Crippen molar-refractivity contribution in [2.45, 2.75) is 32.2 Å². The minimum Gasteiger partial charge on any atom is -0.344 e. The first-order valence-electron chi connectivity index (χ1n) is 6.58. The Morgan fingerprint density at radius 3 is 3.10 bits per heavy atom. The second kappa shape index (κ2) is 5.28. The molecule has 1 aliphatic rings. The fraction of sp³-hybridized carbons (Fsp3) is 0.385. The van der Waals surface area contributed by atoms with Crippen LogP contribution in [0.2, 0.25) is 0 Å². The average molecular weight is 306 g/mol. The third-order valence-corrected chi connectivity index (χ3v) is 4.27. The number of aromatic amines is 1. The zero-order valence-electron chi connectivity index (χ0n) is 11.4. The first kappa shape index (κ1) is 13.7. The predicted molar refractivity (Wildman–Crippen MR) is 76.7 cm³/mol. The molecular formula is C13H14N4O3S. The first-order chi connectivity index (χ1) is 10.0. The number of imide groups is 1. The van der Waals surface area contributed by atoms with Gasteiger partial charge in [0.2, 0.25) is 17.7 Å². The van der Waals surface area contributed by atoms with Crippen molar-refractivity contribution in [2.75, 3.05) is 0 Å². The molecule has 3 rings (SSSR count). The quantitative estimate of drug-likeness (QED) is 0.714. The molecule has 110 valence electrons. The van der Waals surface area contributed by atoms with Crippen molar-refractivity contribution >= 4 is 39.4 Å². The van der Waals surface area contributed by atoms with Gasteiger partial charge in [-0.05, 0) is 24.3 Å². The summed E-state index contributed by atoms with van der Waals surface area (Å²) in [5.74, 6) is -0.162. The minimum absolute atomic E-state index is 0.180. The van der Waals surface area contributed by atoms with E-state index in [0.29, 0.717) is 6.42 Å². The van der Waals surface area contributed by atoms with Crippen LogP contribution in [0.5, 0.6) is 0 Å². The number of aryl methyl sites for hydroxylation is 1. The Kier molecular flexibility index (Phi) is 3.46. The number of hydrogen-bond donors (Lipinski definition) is 3. The second-order valence-corrected chi connectivity index (χ2v) is 5.87. The maximum Gasteiger partial charge on any atom is 0.249 e. The van der Waals surface area contributed by atoms with Crippen LogP contribution in [0.4, 0.5) is 0 Å². The lowest BCUT2D eigenvalue weighted by atomic mass is 10.1. The highest BCUT2D eigenvalue weighted by atomic mass is 32.1. The summed E-state index contributed by atoms with van der Waals surface area (Å²) in [4.78, 5) is 43.0. The molecule has 2 aromatic heterocycles. The fourth-order valence-electron chi connectivity index (χ4n) is 2.34. The Bertz CT molecular complexity index is 733. The number of amides is 3. The van der Waals surface area contributed by atoms with Gasteiger partial charge in [-0.25, -0.2) is 4.98 Å². The van der Waals surface area contributed by atoms with Crippen LogP contribution >= 0.6 is 11.3 Å². The van der Waals surface area contributed by atoms with Gasteiger partial charge in [-0.2, -0.15) is 0 Å². The number of carbonyl (C=O) groups excluding carboxylic acids is 3. The van der Waals surface area contributed by atoms with Gasteiger partial charge in [0.25, 0.3) is 0 Å². The summed E-state index contributed by atoms with van der Waals surface area (Å²) >= 11 is 1.48. The molecule has 0 saturated carbocycles. The number of rotatable bonds is 3. The molecular weight excluding hydrogens is 292 g/mol. The van der Waals surface area contributed by atoms with Crippen molar-refractivity contribution < 1.29 is 14.4 Å². The maximum absolute atomic E-state index is 12.1. The summed E-state index contributed by atoms with van der Waals surface area (Å²) in [6.45, 7) is 1.86. The van der Waals surface area contributed by atoms with Gasteiger partial charge in [-0.3, -0.25) is 19.7 Å². The Morgan fingerprint density at radius 2 is 2.33 bits per heavy atom. The first-order valence-corrected chi connectivity index (χ1v) is 7.46. The molecule has 8 heteroatoms. The lowest BCUT2D eigenvalue weighted by molar-refractivity contribution is -0.137. The number of fused-ring (bicyclic) bond motifs is 1. The van der Waals surface area contributed by atoms with E-state index in [4.69, 9.17) is 0 Å². The van der Waals surface area contributed by atoms with Gasteiger partial charge < -0.3 is 10.3 Å². The predicted octanol–water partition coefficient (Wildman–Crippen LogP) is 0.397. The molecule has 7 nitrogen and oxygen atoms in total. The smallest absolute Gasteiger partial charge is 0.249 e. The molecule has 2 aromatic rings. The van der Waals surface area contributed by atoms with Crippen LogP contribution in [0.1, 0.15) is 24.2 Å². The van der Waals surface area contributed by atoms with Crippen LogP contribution < -0.4 is 10.6 Å². The van der Waals surface area contributed by atoms with Gasteiger partial charge in [-0.15, -0.1) is 11.3 Å². The molecule has 0 spiro atoms. The maximum atomic E-state index is 12.1. The summed E-state index contributed by atoms with van der Waals surface area (Å²) in [5.41, 5.74) is 1.73. The largest absolute Gasteiger partial charge is 0.344 e. The van der Waals surface area contributed by atoms with E-state index in [-0.39, 0.29) is 24.7 Å². The number of piperidine rings is 1. The molecule has 0 radical (unpaired) electrons. The monoisotopic (exact) mass is 306 g/mol. The Labute approximate surface area is 124 Å². The second-order valence-electron chi connectivity index (χ2n) is 5.01. The Morgan fingerprint density at radius 1 is 1.52 bits per heavy atom. The van der Waals surface area contributed by atoms with Crippen LogP contribution in [0.25, 0.3) is 10.3 Å². The van der Waals surface area contributed by atoms with Crippen LogP contribution in [-0.2, 0) is 20.8 Å². The molecule has 3 N–H and O–H groups in total. The van der Waals surface area contributed by atoms with Gasteiger partial charge in [-0.1, -0.05) is 0 Å². The van der Waals surface area contributed by atoms with E-state index in [1.807, 2.05) is 12.3 Å². The number of nitrogens with one attached hydrogen (secondary N) is 3. The molecule has 0 aromatic carbocycles. The zero-order valence-corrected chi connectivity index (χ0v) is 12.2. The van der Waals surface area contributed by atoms with Crippen molar-refractivity contribution in [1.82, 2.24) is 20.6 Å². The highest BCUT2D eigenvalue weighted by Gasteiger charge is 2.27. The fourth-order valence-corrected chi connectivity index (χ4v) is 3.28. The lowest BCUT2D eigenvalue weighted by Crippen LogP contribution is -2.52. The third kappa shape index (κ3) is 2.80. The highest BCUT2D eigenvalue weighted by Crippen LogP contribution is 2.24. The molecule has 1 unspecified atom stereocenters. The van der Waals surface area contributed by atoms with Crippen LogP contribution in [0.3, 0.4) is 0 Å². The number of hydrogen-bond acceptors (Lipinski definition) is 5. The topological polar surface area (TPSA) is 104 Å². The van der Waals surface area contributed by atoms with Crippen molar-refractivity contribution in [2.24, 2.45) is 0 Å². The van der Waals surface area contributed by atoms with Crippen molar-refractivity contribution in [3.63, 3.8) is 0 Å². The SMILES string of the molecule is Cc1nc2scc(CC(=O)NC3CCC(=O)NC3=O)c2[nH]1. The van der Waals surface area contributed by atoms with Crippen molar-refractivity contribution in [3.8, 4) is 0 Å². The summed E-state index contributed by atoms with van der Waals surface area (Å²) in [5, 5.41) is 6.77. The van der Waals surface area contributed by atoms with Crippen LogP contribution in [-0.4, -0.2) is 33.7 Å². The van der Waals surface area contributed by atoms with Crippen molar-refractivity contribution in [3.05, 3.63) is 16.8 Å². The molecule has 0 aliphatic carbocycles. The van der Waals surface area contributed by atoms with E-state index in [0.717, 1.165) is 21.7 Å². The van der Waals surface area contributed by atoms with E-state index in [1.165, 1.54) is 11.3 Å². The molecule has 21 heavy (non-hydrogen) atoms. The van der Waals surface area contributed by atoms with Gasteiger partial charge in [0.05, 0.1) is 11.9 Å². The number of nitrogens with zero attached hydrogens (tertiary/aromatic N) is 1. The van der Waals surface area contributed by atoms with Gasteiger partial charge in [0, 0.05) is 6.42 Å². The molecule has 1 atom stereocenters. The van der Waals surface area contributed by atoms with Gasteiger partial charge in [0.1, 0.15) is 16.7 Å². The van der Waals surface area contributed by atoms with Gasteiger partial charge in [0.15, 0.2) is 0 Å². The third-order valence-electron chi connectivity index (χ3n) is 3.35. The van der Waals surface area contributed by atoms with Crippen molar-refractivity contribution in [1.29, 1.82) is 0 Å². The Hall–Kier alpha value is -2.22. The highest BCUT2D eigenvalue weighted by molar-refractivity contribution is 7.16. The molecule has 1 fully saturated rings. The van der Waals surface area contributed by atoms with E-state index < -0.39 is 11.9 Å². The number of carbonyl (C=O) groups is 3.